The molecule has 1 aromatic heterocycles. The molecule has 0 bridgehead atoms. The van der Waals surface area contributed by atoms with Crippen molar-refractivity contribution in [1.82, 2.24) is 14.7 Å². The number of alkyl halides is 3. The second-order valence-electron chi connectivity index (χ2n) is 6.87. The van der Waals surface area contributed by atoms with Gasteiger partial charge in [0.1, 0.15) is 0 Å². The van der Waals surface area contributed by atoms with Gasteiger partial charge in [0, 0.05) is 7.05 Å². The van der Waals surface area contributed by atoms with Crippen LogP contribution in [0.1, 0.15) is 40.1 Å². The first-order chi connectivity index (χ1) is 14.0. The van der Waals surface area contributed by atoms with E-state index in [1.165, 1.54) is 41.0 Å². The maximum Gasteiger partial charge on any atom is 0.416 e. The molecule has 3 aromatic rings. The summed E-state index contributed by atoms with van der Waals surface area (Å²) in [5.41, 5.74) is 0.269. The molecule has 1 amide bonds. The molecular weight excluding hydrogens is 405 g/mol. The molecule has 1 heterocycles. The van der Waals surface area contributed by atoms with Crippen LogP contribution in [0.25, 0.3) is 5.69 Å². The average Bonchev–Trinajstić information content (AvgIpc) is 3.09. The van der Waals surface area contributed by atoms with Crippen molar-refractivity contribution in [3.05, 3.63) is 82.7 Å². The van der Waals surface area contributed by atoms with E-state index in [9.17, 15) is 26.7 Å². The van der Waals surface area contributed by atoms with E-state index in [0.717, 1.165) is 24.3 Å². The number of hydrogen-bond donors (Lipinski definition) is 0. The highest BCUT2D eigenvalue weighted by Gasteiger charge is 2.31. The van der Waals surface area contributed by atoms with Gasteiger partial charge in [-0.05, 0) is 49.7 Å². The Morgan fingerprint density at radius 2 is 1.80 bits per heavy atom. The molecule has 0 radical (unpaired) electrons. The smallest absolute Gasteiger partial charge is 0.335 e. The summed E-state index contributed by atoms with van der Waals surface area (Å²) in [4.78, 5) is 14.3. The first-order valence-electron chi connectivity index (χ1n) is 8.95. The summed E-state index contributed by atoms with van der Waals surface area (Å²) in [6, 6.07) is 7.41. The third-order valence-electron chi connectivity index (χ3n) is 4.99. The van der Waals surface area contributed by atoms with Crippen LogP contribution in [-0.4, -0.2) is 27.6 Å². The quantitative estimate of drug-likeness (QED) is 0.534. The minimum Gasteiger partial charge on any atom is -0.335 e. The van der Waals surface area contributed by atoms with Gasteiger partial charge >= 0.3 is 6.18 Å². The molecule has 0 saturated heterocycles. The summed E-state index contributed by atoms with van der Waals surface area (Å²) < 4.78 is 66.9. The van der Waals surface area contributed by atoms with Gasteiger partial charge in [-0.25, -0.2) is 13.5 Å². The molecule has 4 nitrogen and oxygen atoms in total. The Kier molecular flexibility index (Phi) is 5.65. The van der Waals surface area contributed by atoms with E-state index in [1.807, 2.05) is 0 Å². The van der Waals surface area contributed by atoms with Gasteiger partial charge in [0.2, 0.25) is 0 Å². The Morgan fingerprint density at radius 1 is 1.10 bits per heavy atom. The molecule has 0 saturated carbocycles. The molecule has 30 heavy (non-hydrogen) atoms. The highest BCUT2D eigenvalue weighted by Crippen LogP contribution is 2.31. The fraction of sp³-hybridized carbons (Fsp3) is 0.238. The lowest BCUT2D eigenvalue weighted by atomic mass is 10.1. The lowest BCUT2D eigenvalue weighted by molar-refractivity contribution is -0.137. The van der Waals surface area contributed by atoms with E-state index in [2.05, 4.69) is 5.10 Å². The maximum absolute atomic E-state index is 13.5. The number of hydrogen-bond acceptors (Lipinski definition) is 2. The minimum absolute atomic E-state index is 0.165. The summed E-state index contributed by atoms with van der Waals surface area (Å²) in [6.07, 6.45) is -3.23. The lowest BCUT2D eigenvalue weighted by Gasteiger charge is -2.25. The van der Waals surface area contributed by atoms with Crippen LogP contribution in [0.5, 0.6) is 0 Å². The predicted molar refractivity (Wildman–Crippen MR) is 100 cm³/mol. The molecule has 1 unspecified atom stereocenters. The molecule has 0 spiro atoms. The molecule has 9 heteroatoms. The highest BCUT2D eigenvalue weighted by atomic mass is 19.4. The van der Waals surface area contributed by atoms with Gasteiger partial charge in [-0.2, -0.15) is 18.3 Å². The second kappa shape index (κ2) is 7.89. The maximum atomic E-state index is 13.5. The highest BCUT2D eigenvalue weighted by molar-refractivity contribution is 5.95. The standard InChI is InChI=1S/C21H18F5N3O/c1-12(14-7-8-18(22)19(23)9-14)28(3)20(30)17-11-27-29(13(17)2)16-6-4-5-15(10-16)21(24,25)26/h4-12H,1-3H3. The van der Waals surface area contributed by atoms with Crippen LogP contribution in [0, 0.1) is 18.6 Å². The first kappa shape index (κ1) is 21.5. The van der Waals surface area contributed by atoms with Crippen molar-refractivity contribution in [1.29, 1.82) is 0 Å². The largest absolute Gasteiger partial charge is 0.416 e. The Bertz CT molecular complexity index is 1090. The number of carbonyl (C=O) groups is 1. The van der Waals surface area contributed by atoms with E-state index in [4.69, 9.17) is 0 Å². The Morgan fingerprint density at radius 3 is 2.43 bits per heavy atom. The van der Waals surface area contributed by atoms with Gasteiger partial charge in [-0.15, -0.1) is 0 Å². The van der Waals surface area contributed by atoms with Crippen molar-refractivity contribution >= 4 is 5.91 Å². The van der Waals surface area contributed by atoms with Crippen molar-refractivity contribution < 1.29 is 26.7 Å². The van der Waals surface area contributed by atoms with E-state index < -0.39 is 35.3 Å². The molecule has 0 aliphatic heterocycles. The van der Waals surface area contributed by atoms with E-state index in [0.29, 0.717) is 11.3 Å². The summed E-state index contributed by atoms with van der Waals surface area (Å²) >= 11 is 0. The summed E-state index contributed by atoms with van der Waals surface area (Å²) in [5, 5.41) is 4.06. The zero-order chi connectivity index (χ0) is 22.2. The average molecular weight is 423 g/mol. The normalized spacial score (nSPS) is 12.7. The SMILES string of the molecule is Cc1c(C(=O)N(C)C(C)c2ccc(F)c(F)c2)cnn1-c1cccc(C(F)(F)F)c1. The fourth-order valence-corrected chi connectivity index (χ4v) is 3.06. The number of amides is 1. The number of carbonyl (C=O) groups excluding carboxylic acids is 1. The minimum atomic E-state index is -4.50. The molecule has 158 valence electrons. The number of aromatic nitrogens is 2. The van der Waals surface area contributed by atoms with Gasteiger partial charge in [0.05, 0.1) is 34.7 Å². The van der Waals surface area contributed by atoms with Crippen molar-refractivity contribution in [2.24, 2.45) is 0 Å². The van der Waals surface area contributed by atoms with Crippen molar-refractivity contribution in [2.45, 2.75) is 26.1 Å². The van der Waals surface area contributed by atoms with Gasteiger partial charge < -0.3 is 4.90 Å². The zero-order valence-electron chi connectivity index (χ0n) is 16.3. The summed E-state index contributed by atoms with van der Waals surface area (Å²) in [5.74, 6) is -2.46. The van der Waals surface area contributed by atoms with Crippen LogP contribution in [0.2, 0.25) is 0 Å². The van der Waals surface area contributed by atoms with Crippen LogP contribution < -0.4 is 0 Å². The van der Waals surface area contributed by atoms with Gasteiger partial charge in [0.15, 0.2) is 11.6 Å². The van der Waals surface area contributed by atoms with Crippen LogP contribution in [0.3, 0.4) is 0 Å². The predicted octanol–water partition coefficient (Wildman–Crippen LogP) is 5.31. The zero-order valence-corrected chi connectivity index (χ0v) is 16.3. The van der Waals surface area contributed by atoms with Crippen molar-refractivity contribution in [3.8, 4) is 5.69 Å². The topological polar surface area (TPSA) is 38.1 Å². The van der Waals surface area contributed by atoms with E-state index in [1.54, 1.807) is 13.8 Å². The van der Waals surface area contributed by atoms with E-state index in [-0.39, 0.29) is 11.3 Å². The molecule has 0 aliphatic rings. The van der Waals surface area contributed by atoms with E-state index >= 15 is 0 Å². The van der Waals surface area contributed by atoms with Crippen molar-refractivity contribution in [3.63, 3.8) is 0 Å². The van der Waals surface area contributed by atoms with Gasteiger partial charge in [0.25, 0.3) is 5.91 Å². The number of rotatable bonds is 4. The van der Waals surface area contributed by atoms with Crippen LogP contribution in [-0.2, 0) is 6.18 Å². The second-order valence-corrected chi connectivity index (χ2v) is 6.87. The number of nitrogens with zero attached hydrogens (tertiary/aromatic N) is 3. The molecule has 0 aliphatic carbocycles. The van der Waals surface area contributed by atoms with Crippen molar-refractivity contribution in [2.75, 3.05) is 7.05 Å². The first-order valence-corrected chi connectivity index (χ1v) is 8.95. The van der Waals surface area contributed by atoms with Gasteiger partial charge in [-0.3, -0.25) is 4.79 Å². The molecule has 0 N–H and O–H groups in total. The van der Waals surface area contributed by atoms with Crippen LogP contribution >= 0.6 is 0 Å². The molecule has 3 rings (SSSR count). The molecule has 0 fully saturated rings. The molecule has 2 aromatic carbocycles. The Balaban J connectivity index is 1.89. The Hall–Kier alpha value is -3.23. The van der Waals surface area contributed by atoms with Crippen LogP contribution in [0.15, 0.2) is 48.7 Å². The monoisotopic (exact) mass is 423 g/mol. The summed E-state index contributed by atoms with van der Waals surface area (Å²) in [7, 11) is 1.50. The fourth-order valence-electron chi connectivity index (χ4n) is 3.06. The van der Waals surface area contributed by atoms with Crippen LogP contribution in [0.4, 0.5) is 22.0 Å². The molecule has 1 atom stereocenters. The third-order valence-corrected chi connectivity index (χ3v) is 4.99. The number of halogens is 5. The Labute approximate surface area is 169 Å². The van der Waals surface area contributed by atoms with Gasteiger partial charge in [-0.1, -0.05) is 12.1 Å². The lowest BCUT2D eigenvalue weighted by Crippen LogP contribution is -2.30. The summed E-state index contributed by atoms with van der Waals surface area (Å²) in [6.45, 7) is 3.22. The number of benzene rings is 2. The third kappa shape index (κ3) is 4.05. The molecular formula is C21H18F5N3O.